The molecule has 7 heteroatoms. The number of anilines is 1. The SMILES string of the molecule is CC1c2cc3c(cc2C2(CCCC2)CN1C(=O)COc1ccc(N2CCCC2=O)cc1)OCCO3. The Hall–Kier alpha value is -3.22. The summed E-state index contributed by atoms with van der Waals surface area (Å²) in [6.45, 7) is 4.67. The molecule has 2 fully saturated rings. The zero-order valence-electron chi connectivity index (χ0n) is 20.3. The summed E-state index contributed by atoms with van der Waals surface area (Å²) in [6, 6.07) is 11.7. The van der Waals surface area contributed by atoms with Crippen molar-refractivity contribution in [3.8, 4) is 17.2 Å². The average Bonchev–Trinajstić information content (AvgIpc) is 3.54. The first-order valence-electron chi connectivity index (χ1n) is 12.8. The highest BCUT2D eigenvalue weighted by Crippen LogP contribution is 2.51. The first-order valence-corrected chi connectivity index (χ1v) is 12.8. The largest absolute Gasteiger partial charge is 0.486 e. The molecule has 2 amide bonds. The van der Waals surface area contributed by atoms with Crippen molar-refractivity contribution in [1.82, 2.24) is 4.90 Å². The van der Waals surface area contributed by atoms with Crippen LogP contribution in [0, 0.1) is 0 Å². The van der Waals surface area contributed by atoms with Gasteiger partial charge >= 0.3 is 0 Å². The first-order chi connectivity index (χ1) is 17.0. The summed E-state index contributed by atoms with van der Waals surface area (Å²) in [4.78, 5) is 29.2. The Balaban J connectivity index is 1.20. The Labute approximate surface area is 205 Å². The lowest BCUT2D eigenvalue weighted by Crippen LogP contribution is -2.50. The molecule has 1 unspecified atom stereocenters. The van der Waals surface area contributed by atoms with E-state index < -0.39 is 0 Å². The van der Waals surface area contributed by atoms with E-state index in [9.17, 15) is 9.59 Å². The van der Waals surface area contributed by atoms with Crippen LogP contribution in [-0.4, -0.2) is 49.6 Å². The predicted molar refractivity (Wildman–Crippen MR) is 131 cm³/mol. The quantitative estimate of drug-likeness (QED) is 0.655. The maximum absolute atomic E-state index is 13.4. The highest BCUT2D eigenvalue weighted by atomic mass is 16.6. The molecule has 0 radical (unpaired) electrons. The van der Waals surface area contributed by atoms with Gasteiger partial charge in [0.15, 0.2) is 18.1 Å². The summed E-state index contributed by atoms with van der Waals surface area (Å²) in [7, 11) is 0. The molecule has 4 aliphatic rings. The summed E-state index contributed by atoms with van der Waals surface area (Å²) in [5.41, 5.74) is 3.33. The minimum Gasteiger partial charge on any atom is -0.486 e. The minimum atomic E-state index is -0.0632. The van der Waals surface area contributed by atoms with Crippen LogP contribution in [0.2, 0.25) is 0 Å². The molecule has 1 saturated heterocycles. The maximum atomic E-state index is 13.4. The van der Waals surface area contributed by atoms with Gasteiger partial charge in [-0.15, -0.1) is 0 Å². The zero-order valence-corrected chi connectivity index (χ0v) is 20.3. The van der Waals surface area contributed by atoms with E-state index in [0.29, 0.717) is 31.9 Å². The molecule has 1 saturated carbocycles. The molecule has 1 spiro atoms. The highest BCUT2D eigenvalue weighted by Gasteiger charge is 2.46. The van der Waals surface area contributed by atoms with Crippen molar-refractivity contribution in [2.24, 2.45) is 0 Å². The van der Waals surface area contributed by atoms with Crippen LogP contribution in [0.5, 0.6) is 17.2 Å². The number of carbonyl (C=O) groups excluding carboxylic acids is 2. The molecular formula is C28H32N2O5. The van der Waals surface area contributed by atoms with Gasteiger partial charge in [0.25, 0.3) is 5.91 Å². The maximum Gasteiger partial charge on any atom is 0.261 e. The molecule has 35 heavy (non-hydrogen) atoms. The van der Waals surface area contributed by atoms with Gasteiger partial charge in [-0.1, -0.05) is 12.8 Å². The van der Waals surface area contributed by atoms with Gasteiger partial charge in [0.05, 0.1) is 6.04 Å². The summed E-state index contributed by atoms with van der Waals surface area (Å²) >= 11 is 0. The summed E-state index contributed by atoms with van der Waals surface area (Å²) < 4.78 is 17.7. The van der Waals surface area contributed by atoms with Crippen molar-refractivity contribution in [2.45, 2.75) is 56.9 Å². The summed E-state index contributed by atoms with van der Waals surface area (Å²) in [5.74, 6) is 2.39. The van der Waals surface area contributed by atoms with Gasteiger partial charge < -0.3 is 24.0 Å². The molecular weight excluding hydrogens is 444 g/mol. The Morgan fingerprint density at radius 2 is 1.77 bits per heavy atom. The molecule has 0 aromatic heterocycles. The molecule has 1 atom stereocenters. The van der Waals surface area contributed by atoms with Gasteiger partial charge in [0.1, 0.15) is 19.0 Å². The monoisotopic (exact) mass is 476 g/mol. The van der Waals surface area contributed by atoms with Crippen LogP contribution < -0.4 is 19.1 Å². The van der Waals surface area contributed by atoms with Gasteiger partial charge in [-0.3, -0.25) is 9.59 Å². The van der Waals surface area contributed by atoms with E-state index in [0.717, 1.165) is 48.6 Å². The standard InChI is InChI=1S/C28H32N2O5/c1-19-22-15-24-25(34-14-13-33-24)16-23(22)28(10-2-3-11-28)18-30(19)27(32)17-35-21-8-6-20(7-9-21)29-12-4-5-26(29)31/h6-9,15-16,19H,2-5,10-14,17-18H2,1H3. The lowest BCUT2D eigenvalue weighted by molar-refractivity contribution is -0.137. The topological polar surface area (TPSA) is 68.3 Å². The van der Waals surface area contributed by atoms with Crippen LogP contribution in [-0.2, 0) is 15.0 Å². The van der Waals surface area contributed by atoms with E-state index in [1.165, 1.54) is 18.4 Å². The molecule has 184 valence electrons. The summed E-state index contributed by atoms with van der Waals surface area (Å²) in [5, 5.41) is 0. The summed E-state index contributed by atoms with van der Waals surface area (Å²) in [6.07, 6.45) is 6.00. The number of amides is 2. The second-order valence-electron chi connectivity index (χ2n) is 10.2. The van der Waals surface area contributed by atoms with Crippen LogP contribution >= 0.6 is 0 Å². The van der Waals surface area contributed by atoms with Crippen molar-refractivity contribution in [2.75, 3.05) is 37.8 Å². The average molecular weight is 477 g/mol. The molecule has 2 aromatic rings. The fourth-order valence-electron chi connectivity index (χ4n) is 6.28. The molecule has 0 bridgehead atoms. The predicted octanol–water partition coefficient (Wildman–Crippen LogP) is 4.38. The number of carbonyl (C=O) groups is 2. The lowest BCUT2D eigenvalue weighted by Gasteiger charge is -2.46. The fourth-order valence-corrected chi connectivity index (χ4v) is 6.28. The second-order valence-corrected chi connectivity index (χ2v) is 10.2. The molecule has 0 N–H and O–H groups in total. The Morgan fingerprint density at radius 1 is 1.06 bits per heavy atom. The van der Waals surface area contributed by atoms with Gasteiger partial charge in [-0.05, 0) is 73.7 Å². The van der Waals surface area contributed by atoms with Crippen molar-refractivity contribution < 1.29 is 23.8 Å². The Morgan fingerprint density at radius 3 is 2.46 bits per heavy atom. The third-order valence-corrected chi connectivity index (χ3v) is 8.14. The molecule has 6 rings (SSSR count). The van der Waals surface area contributed by atoms with E-state index in [1.807, 2.05) is 29.2 Å². The lowest BCUT2D eigenvalue weighted by atomic mass is 9.71. The number of nitrogens with zero attached hydrogens (tertiary/aromatic N) is 2. The third-order valence-electron chi connectivity index (χ3n) is 8.14. The Kier molecular flexibility index (Phi) is 5.58. The van der Waals surface area contributed by atoms with E-state index in [1.54, 1.807) is 4.90 Å². The van der Waals surface area contributed by atoms with Crippen molar-refractivity contribution in [3.05, 3.63) is 47.5 Å². The number of rotatable bonds is 4. The van der Waals surface area contributed by atoms with E-state index in [4.69, 9.17) is 14.2 Å². The second kappa shape index (κ2) is 8.77. The van der Waals surface area contributed by atoms with Gasteiger partial charge in [-0.25, -0.2) is 0 Å². The van der Waals surface area contributed by atoms with Crippen LogP contribution in [0.3, 0.4) is 0 Å². The van der Waals surface area contributed by atoms with Crippen LogP contribution in [0.15, 0.2) is 36.4 Å². The number of hydrogen-bond acceptors (Lipinski definition) is 5. The van der Waals surface area contributed by atoms with Crippen molar-refractivity contribution >= 4 is 17.5 Å². The number of ether oxygens (including phenoxy) is 3. The highest BCUT2D eigenvalue weighted by molar-refractivity contribution is 5.95. The van der Waals surface area contributed by atoms with Gasteiger partial charge in [0, 0.05) is 30.6 Å². The van der Waals surface area contributed by atoms with Crippen molar-refractivity contribution in [1.29, 1.82) is 0 Å². The molecule has 2 aromatic carbocycles. The van der Waals surface area contributed by atoms with E-state index in [2.05, 4.69) is 19.1 Å². The van der Waals surface area contributed by atoms with Crippen LogP contribution in [0.1, 0.15) is 62.6 Å². The zero-order chi connectivity index (χ0) is 24.0. The molecule has 3 heterocycles. The number of fused-ring (bicyclic) bond motifs is 3. The van der Waals surface area contributed by atoms with Crippen LogP contribution in [0.25, 0.3) is 0 Å². The van der Waals surface area contributed by atoms with Crippen molar-refractivity contribution in [3.63, 3.8) is 0 Å². The number of benzene rings is 2. The molecule has 1 aliphatic carbocycles. The van der Waals surface area contributed by atoms with Gasteiger partial charge in [0.2, 0.25) is 5.91 Å². The minimum absolute atomic E-state index is 0.0110. The third kappa shape index (κ3) is 3.91. The van der Waals surface area contributed by atoms with E-state index in [-0.39, 0.29) is 29.9 Å². The molecule has 7 nitrogen and oxygen atoms in total. The first kappa shape index (κ1) is 22.3. The Bertz CT molecular complexity index is 1140. The fraction of sp³-hybridized carbons (Fsp3) is 0.500. The van der Waals surface area contributed by atoms with E-state index >= 15 is 0 Å². The smallest absolute Gasteiger partial charge is 0.261 e. The van der Waals surface area contributed by atoms with Gasteiger partial charge in [-0.2, -0.15) is 0 Å². The molecule has 3 aliphatic heterocycles. The number of hydrogen-bond donors (Lipinski definition) is 0. The van der Waals surface area contributed by atoms with Crippen LogP contribution in [0.4, 0.5) is 5.69 Å². The normalized spacial score (nSPS) is 22.4.